The van der Waals surface area contributed by atoms with Gasteiger partial charge in [0, 0.05) is 17.2 Å². The van der Waals surface area contributed by atoms with Crippen molar-refractivity contribution in [2.45, 2.75) is 38.5 Å². The normalized spacial score (nSPS) is 33.5. The number of aromatic amines is 1. The summed E-state index contributed by atoms with van der Waals surface area (Å²) in [6.45, 7) is 1.86. The van der Waals surface area contributed by atoms with Crippen molar-refractivity contribution in [3.8, 4) is 0 Å². The zero-order valence-corrected chi connectivity index (χ0v) is 9.12. The first-order valence-electron chi connectivity index (χ1n) is 5.94. The van der Waals surface area contributed by atoms with E-state index in [0.717, 1.165) is 17.4 Å². The van der Waals surface area contributed by atoms with E-state index in [4.69, 9.17) is 0 Å². The lowest BCUT2D eigenvalue weighted by atomic mass is 9.86. The molecule has 0 aromatic carbocycles. The number of hydrogen-bond acceptors (Lipinski definition) is 1. The Balaban J connectivity index is 1.93. The fourth-order valence-corrected chi connectivity index (χ4v) is 3.40. The second-order valence-electron chi connectivity index (χ2n) is 5.21. The molecule has 1 aromatic heterocycles. The Morgan fingerprint density at radius 3 is 2.73 bits per heavy atom. The minimum absolute atomic E-state index is 0.0928. The van der Waals surface area contributed by atoms with E-state index in [1.807, 2.05) is 13.0 Å². The smallest absolute Gasteiger partial charge is 0.251 e. The molecule has 2 nitrogen and oxygen atoms in total. The highest BCUT2D eigenvalue weighted by molar-refractivity contribution is 5.19. The molecule has 2 heteroatoms. The molecule has 3 rings (SSSR count). The number of rotatable bonds is 1. The molecule has 15 heavy (non-hydrogen) atoms. The lowest BCUT2D eigenvalue weighted by molar-refractivity contribution is 0.412. The summed E-state index contributed by atoms with van der Waals surface area (Å²) < 4.78 is 0. The van der Waals surface area contributed by atoms with E-state index in [1.54, 1.807) is 0 Å². The van der Waals surface area contributed by atoms with Gasteiger partial charge in [-0.25, -0.2) is 0 Å². The van der Waals surface area contributed by atoms with Gasteiger partial charge in [0.15, 0.2) is 0 Å². The van der Waals surface area contributed by atoms with Crippen LogP contribution in [0.1, 0.15) is 42.9 Å². The third-order valence-corrected chi connectivity index (χ3v) is 4.27. The van der Waals surface area contributed by atoms with E-state index < -0.39 is 0 Å². The van der Waals surface area contributed by atoms with Crippen molar-refractivity contribution in [3.63, 3.8) is 0 Å². The van der Waals surface area contributed by atoms with Crippen molar-refractivity contribution in [3.05, 3.63) is 33.7 Å². The second kappa shape index (κ2) is 3.22. The molecular formula is C13H17NO. The average molecular weight is 203 g/mol. The molecule has 0 aliphatic heterocycles. The van der Waals surface area contributed by atoms with Gasteiger partial charge in [0.1, 0.15) is 0 Å². The molecule has 80 valence electrons. The van der Waals surface area contributed by atoms with Crippen LogP contribution in [0.15, 0.2) is 16.9 Å². The van der Waals surface area contributed by atoms with Crippen LogP contribution in [0.5, 0.6) is 0 Å². The highest BCUT2D eigenvalue weighted by Crippen LogP contribution is 2.52. The fraction of sp³-hybridized carbons (Fsp3) is 0.615. The van der Waals surface area contributed by atoms with E-state index in [2.05, 4.69) is 11.1 Å². The van der Waals surface area contributed by atoms with Gasteiger partial charge < -0.3 is 4.98 Å². The van der Waals surface area contributed by atoms with Crippen LogP contribution >= 0.6 is 0 Å². The predicted octanol–water partition coefficient (Wildman–Crippen LogP) is 2.59. The summed E-state index contributed by atoms with van der Waals surface area (Å²) >= 11 is 0. The van der Waals surface area contributed by atoms with Gasteiger partial charge >= 0.3 is 0 Å². The number of fused-ring (bicyclic) bond motifs is 2. The topological polar surface area (TPSA) is 32.9 Å². The second-order valence-corrected chi connectivity index (χ2v) is 5.21. The summed E-state index contributed by atoms with van der Waals surface area (Å²) in [6.07, 6.45) is 5.47. The molecule has 2 aliphatic rings. The first kappa shape index (κ1) is 9.20. The molecule has 1 aromatic rings. The monoisotopic (exact) mass is 203 g/mol. The van der Waals surface area contributed by atoms with Crippen LogP contribution in [-0.2, 0) is 0 Å². The third-order valence-electron chi connectivity index (χ3n) is 4.27. The van der Waals surface area contributed by atoms with Gasteiger partial charge in [0.25, 0.3) is 5.56 Å². The van der Waals surface area contributed by atoms with E-state index in [9.17, 15) is 4.79 Å². The number of aryl methyl sites for hydroxylation is 1. The van der Waals surface area contributed by atoms with Gasteiger partial charge in [-0.3, -0.25) is 4.79 Å². The molecule has 0 amide bonds. The maximum absolute atomic E-state index is 11.5. The van der Waals surface area contributed by atoms with Crippen molar-refractivity contribution in [1.29, 1.82) is 0 Å². The Morgan fingerprint density at radius 1 is 1.27 bits per heavy atom. The molecular weight excluding hydrogens is 186 g/mol. The minimum Gasteiger partial charge on any atom is -0.326 e. The van der Waals surface area contributed by atoms with Gasteiger partial charge in [-0.15, -0.1) is 0 Å². The first-order chi connectivity index (χ1) is 7.24. The molecule has 0 saturated heterocycles. The Kier molecular flexibility index (Phi) is 1.98. The van der Waals surface area contributed by atoms with E-state index in [1.165, 1.54) is 31.4 Å². The van der Waals surface area contributed by atoms with Gasteiger partial charge in [-0.1, -0.05) is 12.5 Å². The summed E-state index contributed by atoms with van der Waals surface area (Å²) in [5.41, 5.74) is 2.09. The zero-order valence-electron chi connectivity index (χ0n) is 9.12. The van der Waals surface area contributed by atoms with Crippen molar-refractivity contribution < 1.29 is 0 Å². The van der Waals surface area contributed by atoms with Gasteiger partial charge in [-0.2, -0.15) is 0 Å². The Morgan fingerprint density at radius 2 is 2.13 bits per heavy atom. The van der Waals surface area contributed by atoms with Crippen molar-refractivity contribution in [2.24, 2.45) is 11.8 Å². The van der Waals surface area contributed by atoms with E-state index in [0.29, 0.717) is 5.92 Å². The van der Waals surface area contributed by atoms with Gasteiger partial charge in [-0.05, 0) is 44.1 Å². The Bertz CT molecular complexity index is 434. The summed E-state index contributed by atoms with van der Waals surface area (Å²) in [4.78, 5) is 14.6. The van der Waals surface area contributed by atoms with Crippen LogP contribution in [0.25, 0.3) is 0 Å². The van der Waals surface area contributed by atoms with Crippen LogP contribution in [0.2, 0.25) is 0 Å². The lowest BCUT2D eigenvalue weighted by Crippen LogP contribution is -2.17. The molecule has 3 atom stereocenters. The lowest BCUT2D eigenvalue weighted by Gasteiger charge is -2.21. The molecule has 0 radical (unpaired) electrons. The standard InChI is InChI=1S/C13H17NO/c1-8-2-5-12(14-13(8)15)11-7-9-3-4-10(11)6-9/h2,5,9-11H,3-4,6-7H2,1H3,(H,14,15). The van der Waals surface area contributed by atoms with Gasteiger partial charge in [0.05, 0.1) is 0 Å². The van der Waals surface area contributed by atoms with Gasteiger partial charge in [0.2, 0.25) is 0 Å². The number of pyridine rings is 1. The van der Waals surface area contributed by atoms with Crippen molar-refractivity contribution in [1.82, 2.24) is 4.98 Å². The molecule has 2 fully saturated rings. The molecule has 1 heterocycles. The average Bonchev–Trinajstić information content (AvgIpc) is 2.83. The molecule has 2 aliphatic carbocycles. The fourth-order valence-electron chi connectivity index (χ4n) is 3.40. The largest absolute Gasteiger partial charge is 0.326 e. The summed E-state index contributed by atoms with van der Waals surface area (Å²) in [6, 6.07) is 4.07. The molecule has 2 bridgehead atoms. The predicted molar refractivity (Wildman–Crippen MR) is 60.0 cm³/mol. The number of hydrogen-bond donors (Lipinski definition) is 1. The maximum Gasteiger partial charge on any atom is 0.251 e. The van der Waals surface area contributed by atoms with E-state index in [-0.39, 0.29) is 5.56 Å². The van der Waals surface area contributed by atoms with Crippen LogP contribution in [-0.4, -0.2) is 4.98 Å². The first-order valence-corrected chi connectivity index (χ1v) is 5.94. The maximum atomic E-state index is 11.5. The summed E-state index contributed by atoms with van der Waals surface area (Å²) in [7, 11) is 0. The SMILES string of the molecule is Cc1ccc(C2CC3CCC2C3)[nH]c1=O. The van der Waals surface area contributed by atoms with Crippen LogP contribution in [0, 0.1) is 18.8 Å². The van der Waals surface area contributed by atoms with Crippen molar-refractivity contribution >= 4 is 0 Å². The zero-order chi connectivity index (χ0) is 10.4. The Hall–Kier alpha value is -1.05. The number of H-pyrrole nitrogens is 1. The van der Waals surface area contributed by atoms with Crippen molar-refractivity contribution in [2.75, 3.05) is 0 Å². The quantitative estimate of drug-likeness (QED) is 0.747. The third kappa shape index (κ3) is 1.43. The highest BCUT2D eigenvalue weighted by Gasteiger charge is 2.40. The summed E-state index contributed by atoms with van der Waals surface area (Å²) in [5, 5.41) is 0. The van der Waals surface area contributed by atoms with Crippen LogP contribution in [0.3, 0.4) is 0 Å². The molecule has 2 saturated carbocycles. The molecule has 0 spiro atoms. The molecule has 3 unspecified atom stereocenters. The summed E-state index contributed by atoms with van der Waals surface area (Å²) in [5.74, 6) is 2.41. The minimum atomic E-state index is 0.0928. The Labute approximate surface area is 89.7 Å². The molecule has 1 N–H and O–H groups in total. The van der Waals surface area contributed by atoms with E-state index >= 15 is 0 Å². The van der Waals surface area contributed by atoms with Crippen LogP contribution in [0.4, 0.5) is 0 Å². The highest BCUT2D eigenvalue weighted by atomic mass is 16.1. The number of nitrogens with one attached hydrogen (secondary N) is 1. The van der Waals surface area contributed by atoms with Crippen LogP contribution < -0.4 is 5.56 Å². The number of aromatic nitrogens is 1.